The molecule has 1 heterocycles. The maximum atomic E-state index is 13.4. The van der Waals surface area contributed by atoms with Crippen molar-refractivity contribution in [2.45, 2.75) is 42.1 Å². The smallest absolute Gasteiger partial charge is 0.260 e. The third-order valence-electron chi connectivity index (χ3n) is 4.71. The van der Waals surface area contributed by atoms with Crippen LogP contribution in [0, 0.1) is 12.7 Å². The largest absolute Gasteiger partial charge is 0.264 e. The lowest BCUT2D eigenvalue weighted by Gasteiger charge is -2.24. The Morgan fingerprint density at radius 3 is 2.19 bits per heavy atom. The topological polar surface area (TPSA) is 96.4 Å². The van der Waals surface area contributed by atoms with Gasteiger partial charge >= 0.3 is 0 Å². The van der Waals surface area contributed by atoms with Crippen molar-refractivity contribution in [2.24, 2.45) is 0 Å². The summed E-state index contributed by atoms with van der Waals surface area (Å²) in [5.41, 5.74) is 0.836. The van der Waals surface area contributed by atoms with Gasteiger partial charge in [0.05, 0.1) is 32.7 Å². The lowest BCUT2D eigenvalue weighted by atomic mass is 10.3. The van der Waals surface area contributed by atoms with Crippen LogP contribution in [0.2, 0.25) is 0 Å². The highest BCUT2D eigenvalue weighted by Gasteiger charge is 2.29. The molecule has 2 aromatic carbocycles. The van der Waals surface area contributed by atoms with Crippen molar-refractivity contribution < 1.29 is 21.2 Å². The number of aromatic nitrogens is 1. The van der Waals surface area contributed by atoms with Crippen LogP contribution in [0.15, 0.2) is 63.7 Å². The second-order valence-electron chi connectivity index (χ2n) is 7.21. The molecule has 1 aliphatic carbocycles. The monoisotopic (exact) mass is 481 g/mol. The van der Waals surface area contributed by atoms with Crippen molar-refractivity contribution >= 4 is 37.1 Å². The fourth-order valence-corrected chi connectivity index (χ4v) is 6.30. The first kappa shape index (κ1) is 21.9. The maximum absolute atomic E-state index is 13.4. The first-order valence-corrected chi connectivity index (χ1v) is 13.3. The van der Waals surface area contributed by atoms with Gasteiger partial charge < -0.3 is 0 Å². The molecule has 0 bridgehead atoms. The van der Waals surface area contributed by atoms with Crippen LogP contribution in [0.3, 0.4) is 0 Å². The van der Waals surface area contributed by atoms with Gasteiger partial charge in [-0.25, -0.2) is 30.9 Å². The Bertz CT molecular complexity index is 1280. The Kier molecular flexibility index (Phi) is 5.86. The molecule has 0 unspecified atom stereocenters. The minimum absolute atomic E-state index is 0.00167. The van der Waals surface area contributed by atoms with Crippen LogP contribution in [0.4, 0.5) is 10.1 Å². The Hall–Kier alpha value is -2.34. The highest BCUT2D eigenvalue weighted by molar-refractivity contribution is 7.92. The molecule has 0 aliphatic heterocycles. The van der Waals surface area contributed by atoms with E-state index in [1.165, 1.54) is 59.9 Å². The summed E-state index contributed by atoms with van der Waals surface area (Å²) >= 11 is 1.40. The standard InChI is InChI=1S/C20H20FN3O4S3/c1-14-22-17(13-29-14)12-24(18-6-2-15(21)3-7-18)31(27,28)20-10-8-19(9-11-20)30(25,26)23-16-4-5-16/h2-3,6-11,13,16,23H,4-5,12H2,1H3. The minimum Gasteiger partial charge on any atom is -0.260 e. The maximum Gasteiger partial charge on any atom is 0.264 e. The Morgan fingerprint density at radius 1 is 1.03 bits per heavy atom. The minimum atomic E-state index is -4.07. The average Bonchev–Trinajstić information content (AvgIpc) is 3.44. The van der Waals surface area contributed by atoms with E-state index in [1.807, 2.05) is 6.92 Å². The molecular formula is C20H20FN3O4S3. The second-order valence-corrected chi connectivity index (χ2v) is 11.9. The molecule has 0 spiro atoms. The van der Waals surface area contributed by atoms with Crippen molar-refractivity contribution in [1.29, 1.82) is 0 Å². The summed E-state index contributed by atoms with van der Waals surface area (Å²) in [5, 5.41) is 2.56. The number of halogens is 1. The van der Waals surface area contributed by atoms with Gasteiger partial charge in [0.1, 0.15) is 5.82 Å². The van der Waals surface area contributed by atoms with E-state index in [9.17, 15) is 21.2 Å². The van der Waals surface area contributed by atoms with E-state index in [0.29, 0.717) is 5.69 Å². The summed E-state index contributed by atoms with van der Waals surface area (Å²) in [5.74, 6) is -0.483. The van der Waals surface area contributed by atoms with E-state index >= 15 is 0 Å². The van der Waals surface area contributed by atoms with Gasteiger partial charge in [-0.15, -0.1) is 11.3 Å². The summed E-state index contributed by atoms with van der Waals surface area (Å²) in [6, 6.07) is 10.1. The Labute approximate surface area is 184 Å². The second kappa shape index (κ2) is 8.30. The van der Waals surface area contributed by atoms with E-state index in [1.54, 1.807) is 5.38 Å². The summed E-state index contributed by atoms with van der Waals surface area (Å²) in [4.78, 5) is 4.26. The van der Waals surface area contributed by atoms with Crippen molar-refractivity contribution in [1.82, 2.24) is 9.71 Å². The number of sulfonamides is 2. The van der Waals surface area contributed by atoms with Crippen LogP contribution in [-0.2, 0) is 26.6 Å². The van der Waals surface area contributed by atoms with Crippen molar-refractivity contribution in [3.05, 3.63) is 70.4 Å². The first-order valence-electron chi connectivity index (χ1n) is 9.47. The molecule has 0 amide bonds. The zero-order valence-electron chi connectivity index (χ0n) is 16.5. The number of nitrogens with zero attached hydrogens (tertiary/aromatic N) is 2. The van der Waals surface area contributed by atoms with E-state index in [2.05, 4.69) is 9.71 Å². The molecule has 31 heavy (non-hydrogen) atoms. The summed E-state index contributed by atoms with van der Waals surface area (Å²) in [7, 11) is -7.76. The summed E-state index contributed by atoms with van der Waals surface area (Å²) in [6.45, 7) is 1.78. The van der Waals surface area contributed by atoms with Gasteiger partial charge in [0.2, 0.25) is 10.0 Å². The third kappa shape index (κ3) is 4.95. The molecule has 0 atom stereocenters. The fourth-order valence-electron chi connectivity index (χ4n) is 2.96. The van der Waals surface area contributed by atoms with Gasteiger partial charge in [0.25, 0.3) is 10.0 Å². The highest BCUT2D eigenvalue weighted by atomic mass is 32.2. The van der Waals surface area contributed by atoms with Gasteiger partial charge in [-0.3, -0.25) is 4.31 Å². The molecular weight excluding hydrogens is 461 g/mol. The Morgan fingerprint density at radius 2 is 1.65 bits per heavy atom. The van der Waals surface area contributed by atoms with Gasteiger partial charge in [-0.1, -0.05) is 0 Å². The normalized spacial score (nSPS) is 14.5. The highest BCUT2D eigenvalue weighted by Crippen LogP contribution is 2.28. The fraction of sp³-hybridized carbons (Fsp3) is 0.250. The van der Waals surface area contributed by atoms with E-state index in [0.717, 1.165) is 22.2 Å². The first-order chi connectivity index (χ1) is 14.6. The molecule has 7 nitrogen and oxygen atoms in total. The van der Waals surface area contributed by atoms with Crippen molar-refractivity contribution in [2.75, 3.05) is 4.31 Å². The molecule has 1 N–H and O–H groups in total. The average molecular weight is 482 g/mol. The number of rotatable bonds is 8. The van der Waals surface area contributed by atoms with Crippen LogP contribution in [0.5, 0.6) is 0 Å². The molecule has 1 saturated carbocycles. The SMILES string of the molecule is Cc1nc(CN(c2ccc(F)cc2)S(=O)(=O)c2ccc(S(=O)(=O)NC3CC3)cc2)cs1. The molecule has 3 aromatic rings. The molecule has 1 fully saturated rings. The lowest BCUT2D eigenvalue weighted by Crippen LogP contribution is -2.31. The summed E-state index contributed by atoms with van der Waals surface area (Å²) < 4.78 is 68.7. The van der Waals surface area contributed by atoms with Crippen molar-refractivity contribution in [3.63, 3.8) is 0 Å². The number of hydrogen-bond donors (Lipinski definition) is 1. The number of hydrogen-bond acceptors (Lipinski definition) is 6. The lowest BCUT2D eigenvalue weighted by molar-refractivity contribution is 0.579. The molecule has 11 heteroatoms. The number of anilines is 1. The third-order valence-corrected chi connectivity index (χ3v) is 8.85. The number of thiazole rings is 1. The molecule has 1 aromatic heterocycles. The van der Waals surface area contributed by atoms with Crippen LogP contribution in [0.1, 0.15) is 23.5 Å². The van der Waals surface area contributed by atoms with Crippen LogP contribution in [0.25, 0.3) is 0 Å². The van der Waals surface area contributed by atoms with E-state index in [-0.39, 0.29) is 28.1 Å². The molecule has 0 saturated heterocycles. The molecule has 4 rings (SSSR count). The van der Waals surface area contributed by atoms with Crippen LogP contribution >= 0.6 is 11.3 Å². The van der Waals surface area contributed by atoms with Gasteiger partial charge in [-0.2, -0.15) is 0 Å². The van der Waals surface area contributed by atoms with Crippen molar-refractivity contribution in [3.8, 4) is 0 Å². The molecule has 1 aliphatic rings. The predicted octanol–water partition coefficient (Wildman–Crippen LogP) is 3.43. The van der Waals surface area contributed by atoms with E-state index in [4.69, 9.17) is 0 Å². The van der Waals surface area contributed by atoms with Crippen LogP contribution in [-0.4, -0.2) is 27.9 Å². The molecule has 0 radical (unpaired) electrons. The van der Waals surface area contributed by atoms with Crippen LogP contribution < -0.4 is 9.03 Å². The zero-order chi connectivity index (χ0) is 22.2. The molecule has 164 valence electrons. The number of aryl methyl sites for hydroxylation is 1. The Balaban J connectivity index is 1.68. The number of benzene rings is 2. The zero-order valence-corrected chi connectivity index (χ0v) is 19.0. The van der Waals surface area contributed by atoms with Gasteiger partial charge in [0, 0.05) is 11.4 Å². The predicted molar refractivity (Wildman–Crippen MR) is 116 cm³/mol. The summed E-state index contributed by atoms with van der Waals surface area (Å²) in [6.07, 6.45) is 1.60. The quantitative estimate of drug-likeness (QED) is 0.532. The van der Waals surface area contributed by atoms with E-state index < -0.39 is 25.9 Å². The van der Waals surface area contributed by atoms with Gasteiger partial charge in [0.15, 0.2) is 0 Å². The number of nitrogens with one attached hydrogen (secondary N) is 1. The van der Waals surface area contributed by atoms with Gasteiger partial charge in [-0.05, 0) is 68.3 Å².